The quantitative estimate of drug-likeness (QED) is 0.498. The second kappa shape index (κ2) is 6.44. The number of anilines is 1. The minimum atomic E-state index is -0.629. The monoisotopic (exact) mass is 324 g/mol. The minimum Gasteiger partial charge on any atom is -0.506 e. The van der Waals surface area contributed by atoms with Gasteiger partial charge in [0, 0.05) is 12.5 Å². The van der Waals surface area contributed by atoms with Crippen LogP contribution in [0.2, 0.25) is 5.02 Å². The summed E-state index contributed by atoms with van der Waals surface area (Å²) in [5.41, 5.74) is 0.621. The maximum Gasteiger partial charge on any atom is 0.273 e. The summed E-state index contributed by atoms with van der Waals surface area (Å²) in [5.74, 6) is -0.712. The molecule has 0 aliphatic carbocycles. The van der Waals surface area contributed by atoms with Crippen LogP contribution >= 0.6 is 11.6 Å². The fraction of sp³-hybridized carbons (Fsp3) is 0.231. The standard InChI is InChI=1S/C13H13ClN4O4/c1-8-10(14)7-15-17(8)5-4-13(20)16-11-3-2-9(18(21)22)6-12(11)19/h2-3,6-7,19H,4-5H2,1H3,(H,16,20). The van der Waals surface area contributed by atoms with Gasteiger partial charge in [0.2, 0.25) is 5.91 Å². The van der Waals surface area contributed by atoms with Crippen LogP contribution in [0.1, 0.15) is 12.1 Å². The summed E-state index contributed by atoms with van der Waals surface area (Å²) in [7, 11) is 0. The molecule has 0 atom stereocenters. The molecule has 0 aliphatic rings. The molecule has 0 saturated heterocycles. The first-order valence-corrected chi connectivity index (χ1v) is 6.71. The molecule has 1 aromatic heterocycles. The van der Waals surface area contributed by atoms with Crippen molar-refractivity contribution in [1.82, 2.24) is 9.78 Å². The lowest BCUT2D eigenvalue weighted by Gasteiger charge is -2.08. The largest absolute Gasteiger partial charge is 0.506 e. The molecule has 0 unspecified atom stereocenters. The molecule has 0 bridgehead atoms. The molecule has 0 aliphatic heterocycles. The third-order valence-corrected chi connectivity index (χ3v) is 3.43. The number of benzene rings is 1. The van der Waals surface area contributed by atoms with Crippen molar-refractivity contribution in [2.24, 2.45) is 0 Å². The highest BCUT2D eigenvalue weighted by Gasteiger charge is 2.13. The zero-order valence-corrected chi connectivity index (χ0v) is 12.4. The zero-order chi connectivity index (χ0) is 16.3. The molecule has 1 aromatic carbocycles. The number of non-ortho nitro benzene ring substituents is 1. The maximum atomic E-state index is 11.8. The normalized spacial score (nSPS) is 10.5. The number of nitro benzene ring substituents is 1. The molecule has 116 valence electrons. The Bertz CT molecular complexity index is 729. The number of phenols is 1. The van der Waals surface area contributed by atoms with E-state index in [0.717, 1.165) is 11.8 Å². The number of aromatic nitrogens is 2. The van der Waals surface area contributed by atoms with Crippen molar-refractivity contribution in [1.29, 1.82) is 0 Å². The fourth-order valence-electron chi connectivity index (χ4n) is 1.81. The van der Waals surface area contributed by atoms with Crippen LogP contribution in [-0.2, 0) is 11.3 Å². The van der Waals surface area contributed by atoms with E-state index in [-0.39, 0.29) is 29.5 Å². The van der Waals surface area contributed by atoms with E-state index in [1.54, 1.807) is 11.6 Å². The summed E-state index contributed by atoms with van der Waals surface area (Å²) >= 11 is 5.86. The summed E-state index contributed by atoms with van der Waals surface area (Å²) < 4.78 is 1.59. The predicted molar refractivity (Wildman–Crippen MR) is 80.0 cm³/mol. The van der Waals surface area contributed by atoms with Gasteiger partial charge in [-0.25, -0.2) is 0 Å². The Morgan fingerprint density at radius 2 is 2.27 bits per heavy atom. The summed E-state index contributed by atoms with van der Waals surface area (Å²) in [6.45, 7) is 2.12. The van der Waals surface area contributed by atoms with Crippen LogP contribution < -0.4 is 5.32 Å². The second-order valence-electron chi connectivity index (χ2n) is 4.56. The highest BCUT2D eigenvalue weighted by atomic mass is 35.5. The first-order chi connectivity index (χ1) is 10.4. The molecule has 9 heteroatoms. The zero-order valence-electron chi connectivity index (χ0n) is 11.6. The molecule has 1 heterocycles. The molecule has 0 spiro atoms. The first-order valence-electron chi connectivity index (χ1n) is 6.33. The average Bonchev–Trinajstić information content (AvgIpc) is 2.78. The van der Waals surface area contributed by atoms with Crippen LogP contribution in [0, 0.1) is 17.0 Å². The van der Waals surface area contributed by atoms with Crippen LogP contribution in [0.15, 0.2) is 24.4 Å². The van der Waals surface area contributed by atoms with Gasteiger partial charge in [0.15, 0.2) is 0 Å². The fourth-order valence-corrected chi connectivity index (χ4v) is 1.95. The van der Waals surface area contributed by atoms with Crippen molar-refractivity contribution >= 4 is 28.9 Å². The summed E-state index contributed by atoms with van der Waals surface area (Å²) in [5, 5.41) is 27.3. The first kappa shape index (κ1) is 15.8. The van der Waals surface area contributed by atoms with Crippen molar-refractivity contribution in [2.45, 2.75) is 19.9 Å². The Balaban J connectivity index is 1.97. The number of aromatic hydroxyl groups is 1. The van der Waals surface area contributed by atoms with Crippen LogP contribution in [0.25, 0.3) is 0 Å². The van der Waals surface area contributed by atoms with Crippen LogP contribution in [0.4, 0.5) is 11.4 Å². The maximum absolute atomic E-state index is 11.8. The Morgan fingerprint density at radius 3 is 2.82 bits per heavy atom. The van der Waals surface area contributed by atoms with Gasteiger partial charge in [-0.2, -0.15) is 5.10 Å². The number of hydrogen-bond acceptors (Lipinski definition) is 5. The topological polar surface area (TPSA) is 110 Å². The molecule has 0 radical (unpaired) electrons. The van der Waals surface area contributed by atoms with Crippen molar-refractivity contribution in [3.05, 3.63) is 45.2 Å². The lowest BCUT2D eigenvalue weighted by Crippen LogP contribution is -2.15. The number of aryl methyl sites for hydroxylation is 1. The molecule has 1 amide bonds. The van der Waals surface area contributed by atoms with Gasteiger partial charge in [-0.15, -0.1) is 0 Å². The smallest absolute Gasteiger partial charge is 0.273 e. The molecule has 0 saturated carbocycles. The van der Waals surface area contributed by atoms with Crippen LogP contribution in [0.3, 0.4) is 0 Å². The Morgan fingerprint density at radius 1 is 1.55 bits per heavy atom. The number of nitrogens with one attached hydrogen (secondary N) is 1. The lowest BCUT2D eigenvalue weighted by atomic mass is 10.2. The number of carbonyl (C=O) groups is 1. The number of halogens is 1. The number of nitro groups is 1. The van der Waals surface area contributed by atoms with E-state index in [1.165, 1.54) is 18.3 Å². The minimum absolute atomic E-state index is 0.116. The summed E-state index contributed by atoms with van der Waals surface area (Å²) in [4.78, 5) is 21.8. The van der Waals surface area contributed by atoms with Gasteiger partial charge in [-0.3, -0.25) is 19.6 Å². The summed E-state index contributed by atoms with van der Waals surface area (Å²) in [6.07, 6.45) is 1.62. The Kier molecular flexibility index (Phi) is 4.62. The molecule has 8 nitrogen and oxygen atoms in total. The molecule has 2 N–H and O–H groups in total. The molecular formula is C13H13ClN4O4. The summed E-state index contributed by atoms with van der Waals surface area (Å²) in [6, 6.07) is 3.46. The molecule has 22 heavy (non-hydrogen) atoms. The van der Waals surface area contributed by atoms with E-state index >= 15 is 0 Å². The highest BCUT2D eigenvalue weighted by Crippen LogP contribution is 2.27. The number of amides is 1. The third kappa shape index (κ3) is 3.53. The number of rotatable bonds is 5. The highest BCUT2D eigenvalue weighted by molar-refractivity contribution is 6.31. The van der Waals surface area contributed by atoms with Gasteiger partial charge >= 0.3 is 0 Å². The number of nitrogens with zero attached hydrogens (tertiary/aromatic N) is 3. The number of phenolic OH excluding ortho intramolecular Hbond substituents is 1. The van der Waals surface area contributed by atoms with Crippen molar-refractivity contribution in [3.63, 3.8) is 0 Å². The van der Waals surface area contributed by atoms with E-state index in [9.17, 15) is 20.0 Å². The van der Waals surface area contributed by atoms with Crippen molar-refractivity contribution in [2.75, 3.05) is 5.32 Å². The number of hydrogen-bond donors (Lipinski definition) is 2. The SMILES string of the molecule is Cc1c(Cl)cnn1CCC(=O)Nc1ccc([N+](=O)[O-])cc1O. The van der Waals surface area contributed by atoms with E-state index in [2.05, 4.69) is 10.4 Å². The van der Waals surface area contributed by atoms with Gasteiger partial charge in [0.25, 0.3) is 5.69 Å². The average molecular weight is 325 g/mol. The molecule has 2 aromatic rings. The van der Waals surface area contributed by atoms with E-state index in [0.29, 0.717) is 11.6 Å². The Hall–Kier alpha value is -2.61. The van der Waals surface area contributed by atoms with Gasteiger partial charge in [-0.1, -0.05) is 11.6 Å². The van der Waals surface area contributed by atoms with Gasteiger partial charge in [0.1, 0.15) is 5.75 Å². The molecule has 2 rings (SSSR count). The van der Waals surface area contributed by atoms with Gasteiger partial charge < -0.3 is 10.4 Å². The van der Waals surface area contributed by atoms with Crippen LogP contribution in [-0.4, -0.2) is 25.7 Å². The predicted octanol–water partition coefficient (Wildman–Crippen LogP) is 2.49. The molecule has 0 fully saturated rings. The van der Waals surface area contributed by atoms with E-state index < -0.39 is 4.92 Å². The number of carbonyl (C=O) groups excluding carboxylic acids is 1. The van der Waals surface area contributed by atoms with Crippen LogP contribution in [0.5, 0.6) is 5.75 Å². The third-order valence-electron chi connectivity index (χ3n) is 3.06. The van der Waals surface area contributed by atoms with Gasteiger partial charge in [-0.05, 0) is 13.0 Å². The van der Waals surface area contributed by atoms with Gasteiger partial charge in [0.05, 0.1) is 40.1 Å². The van der Waals surface area contributed by atoms with E-state index in [4.69, 9.17) is 11.6 Å². The lowest BCUT2D eigenvalue weighted by molar-refractivity contribution is -0.384. The second-order valence-corrected chi connectivity index (χ2v) is 4.96. The Labute approximate surface area is 130 Å². The van der Waals surface area contributed by atoms with E-state index in [1.807, 2.05) is 0 Å². The van der Waals surface area contributed by atoms with Crippen molar-refractivity contribution in [3.8, 4) is 5.75 Å². The van der Waals surface area contributed by atoms with Crippen molar-refractivity contribution < 1.29 is 14.8 Å². The molecular weight excluding hydrogens is 312 g/mol.